The molecule has 4 heteroatoms. The Morgan fingerprint density at radius 3 is 2.50 bits per heavy atom. The maximum Gasteiger partial charge on any atom is 0.144 e. The monoisotopic (exact) mass is 242 g/mol. The molecule has 0 saturated heterocycles. The molecule has 0 saturated carbocycles. The summed E-state index contributed by atoms with van der Waals surface area (Å²) in [6, 6.07) is 10.4. The summed E-state index contributed by atoms with van der Waals surface area (Å²) in [5, 5.41) is 0. The second kappa shape index (κ2) is 5.60. The summed E-state index contributed by atoms with van der Waals surface area (Å²) in [7, 11) is 1.99. The largest absolute Gasteiger partial charge is 0.329 e. The van der Waals surface area contributed by atoms with Crippen LogP contribution in [0.3, 0.4) is 0 Å². The average Bonchev–Trinajstić information content (AvgIpc) is 2.46. The SMILES string of the molecule is CCc1ccc(N(C)c2ccnc(CN)n2)cc1. The van der Waals surface area contributed by atoms with Crippen molar-refractivity contribution in [2.45, 2.75) is 19.9 Å². The molecule has 0 spiro atoms. The van der Waals surface area contributed by atoms with Gasteiger partial charge >= 0.3 is 0 Å². The van der Waals surface area contributed by atoms with E-state index < -0.39 is 0 Å². The first kappa shape index (κ1) is 12.5. The van der Waals surface area contributed by atoms with Gasteiger partial charge in [-0.2, -0.15) is 0 Å². The fourth-order valence-corrected chi connectivity index (χ4v) is 1.76. The van der Waals surface area contributed by atoms with Crippen molar-refractivity contribution in [3.63, 3.8) is 0 Å². The Labute approximate surface area is 107 Å². The van der Waals surface area contributed by atoms with Gasteiger partial charge in [-0.1, -0.05) is 19.1 Å². The lowest BCUT2D eigenvalue weighted by molar-refractivity contribution is 0.899. The summed E-state index contributed by atoms with van der Waals surface area (Å²) in [6.07, 6.45) is 2.79. The van der Waals surface area contributed by atoms with Gasteiger partial charge in [0.25, 0.3) is 0 Å². The Hall–Kier alpha value is -1.94. The van der Waals surface area contributed by atoms with Crippen molar-refractivity contribution < 1.29 is 0 Å². The van der Waals surface area contributed by atoms with Crippen LogP contribution in [-0.4, -0.2) is 17.0 Å². The number of nitrogens with two attached hydrogens (primary N) is 1. The van der Waals surface area contributed by atoms with Gasteiger partial charge in [-0.25, -0.2) is 9.97 Å². The summed E-state index contributed by atoms with van der Waals surface area (Å²) in [5.41, 5.74) is 7.99. The van der Waals surface area contributed by atoms with Gasteiger partial charge in [0.2, 0.25) is 0 Å². The van der Waals surface area contributed by atoms with Crippen LogP contribution in [0.5, 0.6) is 0 Å². The second-order valence-corrected chi connectivity index (χ2v) is 4.11. The van der Waals surface area contributed by atoms with Crippen LogP contribution in [0.15, 0.2) is 36.5 Å². The van der Waals surface area contributed by atoms with Crippen LogP contribution >= 0.6 is 0 Å². The second-order valence-electron chi connectivity index (χ2n) is 4.11. The topological polar surface area (TPSA) is 55.0 Å². The summed E-state index contributed by atoms with van der Waals surface area (Å²) in [6.45, 7) is 2.51. The number of aryl methyl sites for hydroxylation is 1. The van der Waals surface area contributed by atoms with Gasteiger partial charge in [0.05, 0.1) is 6.54 Å². The Morgan fingerprint density at radius 1 is 1.17 bits per heavy atom. The highest BCUT2D eigenvalue weighted by Crippen LogP contribution is 2.21. The summed E-state index contributed by atoms with van der Waals surface area (Å²) < 4.78 is 0. The van der Waals surface area contributed by atoms with Crippen LogP contribution in [0, 0.1) is 0 Å². The van der Waals surface area contributed by atoms with E-state index >= 15 is 0 Å². The number of anilines is 2. The molecule has 94 valence electrons. The van der Waals surface area contributed by atoms with Crippen molar-refractivity contribution in [1.82, 2.24) is 9.97 Å². The van der Waals surface area contributed by atoms with Crippen LogP contribution in [0.1, 0.15) is 18.3 Å². The van der Waals surface area contributed by atoms with Gasteiger partial charge < -0.3 is 10.6 Å². The van der Waals surface area contributed by atoms with E-state index in [1.807, 2.05) is 18.0 Å². The third kappa shape index (κ3) is 2.65. The fraction of sp³-hybridized carbons (Fsp3) is 0.286. The highest BCUT2D eigenvalue weighted by molar-refractivity contribution is 5.59. The van der Waals surface area contributed by atoms with E-state index in [1.54, 1.807) is 6.20 Å². The molecular weight excluding hydrogens is 224 g/mol. The zero-order valence-corrected chi connectivity index (χ0v) is 10.8. The fourth-order valence-electron chi connectivity index (χ4n) is 1.76. The van der Waals surface area contributed by atoms with Crippen LogP contribution < -0.4 is 10.6 Å². The zero-order chi connectivity index (χ0) is 13.0. The van der Waals surface area contributed by atoms with Gasteiger partial charge in [-0.05, 0) is 30.2 Å². The van der Waals surface area contributed by atoms with Crippen LogP contribution in [0.4, 0.5) is 11.5 Å². The zero-order valence-electron chi connectivity index (χ0n) is 10.8. The molecule has 0 aliphatic rings. The molecule has 0 radical (unpaired) electrons. The Morgan fingerprint density at radius 2 is 1.89 bits per heavy atom. The molecule has 1 aromatic heterocycles. The molecule has 2 aromatic rings. The van der Waals surface area contributed by atoms with E-state index in [2.05, 4.69) is 41.2 Å². The molecule has 2 N–H and O–H groups in total. The maximum atomic E-state index is 5.55. The van der Waals surface area contributed by atoms with Crippen molar-refractivity contribution in [3.8, 4) is 0 Å². The van der Waals surface area contributed by atoms with E-state index in [0.717, 1.165) is 17.9 Å². The number of aromatic nitrogens is 2. The van der Waals surface area contributed by atoms with Crippen molar-refractivity contribution in [2.75, 3.05) is 11.9 Å². The number of hydrogen-bond donors (Lipinski definition) is 1. The Balaban J connectivity index is 2.25. The average molecular weight is 242 g/mol. The van der Waals surface area contributed by atoms with Gasteiger partial charge in [0, 0.05) is 18.9 Å². The summed E-state index contributed by atoms with van der Waals surface area (Å²) >= 11 is 0. The minimum atomic E-state index is 0.358. The summed E-state index contributed by atoms with van der Waals surface area (Å²) in [5.74, 6) is 1.51. The third-order valence-electron chi connectivity index (χ3n) is 2.95. The van der Waals surface area contributed by atoms with E-state index in [9.17, 15) is 0 Å². The van der Waals surface area contributed by atoms with Crippen molar-refractivity contribution in [2.24, 2.45) is 5.73 Å². The number of rotatable bonds is 4. The Kier molecular flexibility index (Phi) is 3.89. The maximum absolute atomic E-state index is 5.55. The highest BCUT2D eigenvalue weighted by Gasteiger charge is 2.06. The first-order valence-electron chi connectivity index (χ1n) is 6.09. The third-order valence-corrected chi connectivity index (χ3v) is 2.95. The van der Waals surface area contributed by atoms with Gasteiger partial charge in [-0.15, -0.1) is 0 Å². The lowest BCUT2D eigenvalue weighted by Gasteiger charge is -2.18. The van der Waals surface area contributed by atoms with Crippen LogP contribution in [-0.2, 0) is 13.0 Å². The number of nitrogens with zero attached hydrogens (tertiary/aromatic N) is 3. The lowest BCUT2D eigenvalue weighted by Crippen LogP contribution is -2.13. The molecule has 18 heavy (non-hydrogen) atoms. The molecule has 0 fully saturated rings. The molecule has 1 aromatic carbocycles. The minimum absolute atomic E-state index is 0.358. The van der Waals surface area contributed by atoms with E-state index in [1.165, 1.54) is 5.56 Å². The van der Waals surface area contributed by atoms with Crippen molar-refractivity contribution in [3.05, 3.63) is 47.9 Å². The molecule has 0 atom stereocenters. The first-order valence-corrected chi connectivity index (χ1v) is 6.09. The predicted molar refractivity (Wildman–Crippen MR) is 73.8 cm³/mol. The number of benzene rings is 1. The van der Waals surface area contributed by atoms with Gasteiger partial charge in [-0.3, -0.25) is 0 Å². The molecule has 2 rings (SSSR count). The predicted octanol–water partition coefficient (Wildman–Crippen LogP) is 2.27. The van der Waals surface area contributed by atoms with Crippen LogP contribution in [0.2, 0.25) is 0 Å². The van der Waals surface area contributed by atoms with Crippen molar-refractivity contribution in [1.29, 1.82) is 0 Å². The van der Waals surface area contributed by atoms with Crippen molar-refractivity contribution >= 4 is 11.5 Å². The normalized spacial score (nSPS) is 10.4. The molecular formula is C14H18N4. The van der Waals surface area contributed by atoms with E-state index in [-0.39, 0.29) is 0 Å². The molecule has 4 nitrogen and oxygen atoms in total. The smallest absolute Gasteiger partial charge is 0.144 e. The standard InChI is InChI=1S/C14H18N4/c1-3-11-4-6-12(7-5-11)18(2)14-8-9-16-13(10-15)17-14/h4-9H,3,10,15H2,1-2H3. The van der Waals surface area contributed by atoms with E-state index in [0.29, 0.717) is 12.4 Å². The molecule has 0 unspecified atom stereocenters. The lowest BCUT2D eigenvalue weighted by atomic mass is 10.1. The summed E-state index contributed by atoms with van der Waals surface area (Å²) in [4.78, 5) is 10.5. The quantitative estimate of drug-likeness (QED) is 0.893. The molecule has 0 aliphatic carbocycles. The number of hydrogen-bond acceptors (Lipinski definition) is 4. The van der Waals surface area contributed by atoms with Gasteiger partial charge in [0.1, 0.15) is 11.6 Å². The first-order chi connectivity index (χ1) is 8.74. The molecule has 0 amide bonds. The Bertz CT molecular complexity index is 507. The van der Waals surface area contributed by atoms with E-state index in [4.69, 9.17) is 5.73 Å². The molecule has 1 heterocycles. The molecule has 0 bridgehead atoms. The van der Waals surface area contributed by atoms with Gasteiger partial charge in [0.15, 0.2) is 0 Å². The minimum Gasteiger partial charge on any atom is -0.329 e. The highest BCUT2D eigenvalue weighted by atomic mass is 15.2. The van der Waals surface area contributed by atoms with Crippen LogP contribution in [0.25, 0.3) is 0 Å². The molecule has 0 aliphatic heterocycles.